The van der Waals surface area contributed by atoms with Crippen LogP contribution in [0.4, 0.5) is 13.2 Å². The number of carboxylic acids is 1. The van der Waals surface area contributed by atoms with Gasteiger partial charge in [-0.1, -0.05) is 91.0 Å². The van der Waals surface area contributed by atoms with Crippen LogP contribution in [0, 0.1) is 0 Å². The zero-order valence-corrected chi connectivity index (χ0v) is 27.3. The second kappa shape index (κ2) is 18.7. The van der Waals surface area contributed by atoms with Gasteiger partial charge in [-0.05, 0) is 23.1 Å². The molecule has 1 aliphatic heterocycles. The van der Waals surface area contributed by atoms with Gasteiger partial charge in [-0.25, -0.2) is 4.79 Å². The standard InChI is InChI=1S/C33H44N4O6.C2HF3O2/c34-17-26-31(40-19-22-12-6-2-7-13-22)32(41-20-23-14-8-3-9-15-23)27(37)33(42-26)43-30-25(36)16-24(35)29(28(30)38)39-18-21-10-4-1-5-11-21;3-2(4,5)1(6)7/h1-15,24-33,38H,16-20,34-37H2;(H,6,7)/t24-,25+,26-,27-,28-,29+,30-,31-,32-,33-;/m1./s1. The van der Waals surface area contributed by atoms with Crippen LogP contribution in [-0.2, 0) is 48.3 Å². The van der Waals surface area contributed by atoms with E-state index in [9.17, 15) is 18.3 Å². The van der Waals surface area contributed by atoms with Gasteiger partial charge in [0.1, 0.15) is 36.6 Å². The predicted molar refractivity (Wildman–Crippen MR) is 176 cm³/mol. The number of aliphatic carboxylic acids is 1. The monoisotopic (exact) mass is 706 g/mol. The summed E-state index contributed by atoms with van der Waals surface area (Å²) in [4.78, 5) is 8.90. The molecule has 0 spiro atoms. The smallest absolute Gasteiger partial charge is 0.475 e. The van der Waals surface area contributed by atoms with E-state index in [4.69, 9.17) is 56.5 Å². The van der Waals surface area contributed by atoms with Crippen molar-refractivity contribution < 1.29 is 51.9 Å². The molecule has 10 N–H and O–H groups in total. The van der Waals surface area contributed by atoms with Crippen molar-refractivity contribution >= 4 is 5.97 Å². The van der Waals surface area contributed by atoms with Crippen molar-refractivity contribution in [3.63, 3.8) is 0 Å². The van der Waals surface area contributed by atoms with Crippen LogP contribution in [0.15, 0.2) is 91.0 Å². The summed E-state index contributed by atoms with van der Waals surface area (Å²) in [6, 6.07) is 27.5. The van der Waals surface area contributed by atoms with Crippen LogP contribution in [0.5, 0.6) is 0 Å². The Balaban J connectivity index is 0.000000727. The highest BCUT2D eigenvalue weighted by atomic mass is 19.4. The molecule has 274 valence electrons. The molecule has 12 nitrogen and oxygen atoms in total. The second-order valence-electron chi connectivity index (χ2n) is 12.1. The fourth-order valence-electron chi connectivity index (χ4n) is 5.78. The van der Waals surface area contributed by atoms with E-state index < -0.39 is 73.2 Å². The van der Waals surface area contributed by atoms with Crippen LogP contribution < -0.4 is 22.9 Å². The molecule has 0 radical (unpaired) electrons. The number of hydrogen-bond donors (Lipinski definition) is 6. The van der Waals surface area contributed by atoms with Gasteiger partial charge >= 0.3 is 12.1 Å². The summed E-state index contributed by atoms with van der Waals surface area (Å²) < 4.78 is 63.3. The second-order valence-corrected chi connectivity index (χ2v) is 12.1. The molecule has 0 unspecified atom stereocenters. The number of ether oxygens (including phenoxy) is 5. The minimum Gasteiger partial charge on any atom is -0.475 e. The van der Waals surface area contributed by atoms with Crippen LogP contribution in [0.1, 0.15) is 23.1 Å². The Labute approximate surface area is 288 Å². The first kappa shape index (κ1) is 39.3. The number of benzene rings is 3. The Morgan fingerprint density at radius 2 is 1.12 bits per heavy atom. The van der Waals surface area contributed by atoms with Crippen molar-refractivity contribution in [3.05, 3.63) is 108 Å². The Bertz CT molecular complexity index is 1430. The van der Waals surface area contributed by atoms with Crippen LogP contribution in [0.2, 0.25) is 0 Å². The Hall–Kier alpha value is -3.48. The van der Waals surface area contributed by atoms with E-state index in [1.165, 1.54) is 0 Å². The first-order valence-corrected chi connectivity index (χ1v) is 16.1. The Morgan fingerprint density at radius 3 is 1.54 bits per heavy atom. The highest BCUT2D eigenvalue weighted by molar-refractivity contribution is 5.73. The van der Waals surface area contributed by atoms with Crippen molar-refractivity contribution in [1.29, 1.82) is 0 Å². The number of alkyl halides is 3. The summed E-state index contributed by atoms with van der Waals surface area (Å²) in [7, 11) is 0. The molecule has 0 aromatic heterocycles. The average Bonchev–Trinajstić information content (AvgIpc) is 3.10. The average molecular weight is 707 g/mol. The fraction of sp³-hybridized carbons (Fsp3) is 0.457. The van der Waals surface area contributed by atoms with Crippen LogP contribution in [0.25, 0.3) is 0 Å². The van der Waals surface area contributed by atoms with Gasteiger partial charge in [0.25, 0.3) is 0 Å². The molecule has 2 fully saturated rings. The first-order valence-electron chi connectivity index (χ1n) is 16.1. The van der Waals surface area contributed by atoms with Gasteiger partial charge in [0, 0.05) is 18.6 Å². The molecule has 1 heterocycles. The van der Waals surface area contributed by atoms with Crippen LogP contribution >= 0.6 is 0 Å². The lowest BCUT2D eigenvalue weighted by Crippen LogP contribution is -2.68. The first-order chi connectivity index (χ1) is 23.9. The van der Waals surface area contributed by atoms with Gasteiger partial charge in [0.2, 0.25) is 0 Å². The third-order valence-corrected chi connectivity index (χ3v) is 8.38. The van der Waals surface area contributed by atoms with E-state index in [0.717, 1.165) is 16.7 Å². The lowest BCUT2D eigenvalue weighted by atomic mass is 9.84. The molecule has 3 aromatic carbocycles. The van der Waals surface area contributed by atoms with E-state index in [2.05, 4.69) is 0 Å². The molecule has 1 aliphatic carbocycles. The normalized spacial score (nSPS) is 29.8. The lowest BCUT2D eigenvalue weighted by Gasteiger charge is -2.48. The summed E-state index contributed by atoms with van der Waals surface area (Å²) in [5.41, 5.74) is 28.8. The quantitative estimate of drug-likeness (QED) is 0.160. The SMILES string of the molecule is NC[C@H]1O[C@H](O[C@H]2[C@H](O)[C@@H](OCc3ccccc3)[C@H](N)C[C@@H]2N)[C@H](N)[C@@H](OCc2ccccc2)[C@@H]1OCc1ccccc1.O=C(O)C(F)(F)F. The number of halogens is 3. The molecule has 5 rings (SSSR count). The summed E-state index contributed by atoms with van der Waals surface area (Å²) in [5, 5.41) is 18.5. The number of carboxylic acid groups (broad SMARTS) is 1. The van der Waals surface area contributed by atoms with Crippen molar-refractivity contribution in [2.75, 3.05) is 6.54 Å². The summed E-state index contributed by atoms with van der Waals surface area (Å²) in [5.74, 6) is -2.76. The van der Waals surface area contributed by atoms with Crippen molar-refractivity contribution in [2.24, 2.45) is 22.9 Å². The third kappa shape index (κ3) is 11.0. The maximum Gasteiger partial charge on any atom is 0.490 e. The largest absolute Gasteiger partial charge is 0.490 e. The highest BCUT2D eigenvalue weighted by Gasteiger charge is 2.50. The van der Waals surface area contributed by atoms with Gasteiger partial charge in [0.15, 0.2) is 6.29 Å². The van der Waals surface area contributed by atoms with Gasteiger partial charge < -0.3 is 56.8 Å². The van der Waals surface area contributed by atoms with E-state index in [0.29, 0.717) is 26.2 Å². The molecule has 1 saturated carbocycles. The van der Waals surface area contributed by atoms with Gasteiger partial charge in [-0.3, -0.25) is 0 Å². The Kier molecular flexibility index (Phi) is 14.7. The van der Waals surface area contributed by atoms with E-state index in [1.807, 2.05) is 91.0 Å². The van der Waals surface area contributed by atoms with E-state index >= 15 is 0 Å². The van der Waals surface area contributed by atoms with Gasteiger partial charge in [0.05, 0.1) is 25.9 Å². The molecule has 15 heteroatoms. The third-order valence-electron chi connectivity index (χ3n) is 8.38. The molecule has 50 heavy (non-hydrogen) atoms. The molecule has 2 aliphatic rings. The van der Waals surface area contributed by atoms with E-state index in [1.54, 1.807) is 0 Å². The van der Waals surface area contributed by atoms with Gasteiger partial charge in [-0.15, -0.1) is 0 Å². The minimum absolute atomic E-state index is 0.143. The number of aliphatic hydroxyl groups excluding tert-OH is 1. The fourth-order valence-corrected chi connectivity index (χ4v) is 5.78. The van der Waals surface area contributed by atoms with Crippen LogP contribution in [-0.4, -0.2) is 89.9 Å². The zero-order chi connectivity index (χ0) is 36.3. The molecular formula is C35H45F3N4O8. The van der Waals surface area contributed by atoms with E-state index in [-0.39, 0.29) is 6.54 Å². The van der Waals surface area contributed by atoms with Crippen molar-refractivity contribution in [2.45, 2.75) is 93.5 Å². The zero-order valence-electron chi connectivity index (χ0n) is 27.3. The summed E-state index contributed by atoms with van der Waals surface area (Å²) in [6.07, 6.45) is -10.1. The maximum absolute atomic E-state index is 11.4. The topological polar surface area (TPSA) is 208 Å². The molecule has 3 aromatic rings. The Morgan fingerprint density at radius 1 is 0.720 bits per heavy atom. The van der Waals surface area contributed by atoms with Crippen molar-refractivity contribution in [1.82, 2.24) is 0 Å². The predicted octanol–water partition coefficient (Wildman–Crippen LogP) is 2.19. The maximum atomic E-state index is 11.4. The number of hydrogen-bond acceptors (Lipinski definition) is 11. The molecule has 0 bridgehead atoms. The minimum atomic E-state index is -5.08. The summed E-state index contributed by atoms with van der Waals surface area (Å²) >= 11 is 0. The molecule has 1 saturated heterocycles. The number of nitrogens with two attached hydrogens (primary N) is 4. The number of rotatable bonds is 12. The highest BCUT2D eigenvalue weighted by Crippen LogP contribution is 2.31. The molecule has 0 amide bonds. The molecule has 10 atom stereocenters. The summed E-state index contributed by atoms with van der Waals surface area (Å²) in [6.45, 7) is 1.08. The number of carbonyl (C=O) groups is 1. The van der Waals surface area contributed by atoms with Gasteiger partial charge in [-0.2, -0.15) is 13.2 Å². The number of aliphatic hydroxyl groups is 1. The lowest BCUT2D eigenvalue weighted by molar-refractivity contribution is -0.302. The van der Waals surface area contributed by atoms with Crippen molar-refractivity contribution in [3.8, 4) is 0 Å². The molecular weight excluding hydrogens is 661 g/mol. The van der Waals surface area contributed by atoms with Crippen LogP contribution in [0.3, 0.4) is 0 Å².